The molecule has 0 spiro atoms. The third kappa shape index (κ3) is 3.86. The summed E-state index contributed by atoms with van der Waals surface area (Å²) < 4.78 is 28.6. The Hall–Kier alpha value is -1.56. The van der Waals surface area contributed by atoms with Crippen molar-refractivity contribution in [2.45, 2.75) is 39.7 Å². The number of carbonyl (C=O) groups is 1. The van der Waals surface area contributed by atoms with Crippen LogP contribution in [0.4, 0.5) is 0 Å². The zero-order valence-corrected chi connectivity index (χ0v) is 15.1. The monoisotopic (exact) mass is 339 g/mol. The molecule has 1 atom stereocenters. The van der Waals surface area contributed by atoms with E-state index in [-0.39, 0.29) is 23.5 Å². The van der Waals surface area contributed by atoms with Gasteiger partial charge in [-0.15, -0.1) is 0 Å². The highest BCUT2D eigenvalue weighted by molar-refractivity contribution is 7.91. The molecular formula is C17H25NO4S. The Morgan fingerprint density at radius 2 is 2.00 bits per heavy atom. The quantitative estimate of drug-likeness (QED) is 0.822. The fourth-order valence-corrected chi connectivity index (χ4v) is 4.92. The molecule has 1 fully saturated rings. The van der Waals surface area contributed by atoms with Crippen LogP contribution in [0.1, 0.15) is 30.0 Å². The van der Waals surface area contributed by atoms with Gasteiger partial charge in [0, 0.05) is 12.6 Å². The van der Waals surface area contributed by atoms with Gasteiger partial charge >= 0.3 is 0 Å². The van der Waals surface area contributed by atoms with Crippen LogP contribution in [0.25, 0.3) is 0 Å². The minimum atomic E-state index is -2.99. The lowest BCUT2D eigenvalue weighted by atomic mass is 9.99. The summed E-state index contributed by atoms with van der Waals surface area (Å²) in [6.07, 6.45) is 0.837. The second-order valence-corrected chi connectivity index (χ2v) is 8.32. The van der Waals surface area contributed by atoms with E-state index in [1.165, 1.54) is 0 Å². The number of methoxy groups -OCH3 is 1. The first-order valence-electron chi connectivity index (χ1n) is 7.92. The zero-order chi connectivity index (χ0) is 17.2. The van der Waals surface area contributed by atoms with Crippen LogP contribution in [0.2, 0.25) is 0 Å². The Morgan fingerprint density at radius 1 is 1.30 bits per heavy atom. The lowest BCUT2D eigenvalue weighted by molar-refractivity contribution is -0.132. The summed E-state index contributed by atoms with van der Waals surface area (Å²) in [5.74, 6) is 1.07. The number of carbonyl (C=O) groups excluding carboxylic acids is 1. The van der Waals surface area contributed by atoms with Crippen molar-refractivity contribution in [3.05, 3.63) is 28.8 Å². The Balaban J connectivity index is 2.16. The molecule has 5 nitrogen and oxygen atoms in total. The van der Waals surface area contributed by atoms with Gasteiger partial charge in [0.05, 0.1) is 25.0 Å². The molecule has 1 aliphatic rings. The van der Waals surface area contributed by atoms with Gasteiger partial charge in [-0.05, 0) is 49.9 Å². The normalized spacial score (nSPS) is 19.6. The van der Waals surface area contributed by atoms with Crippen LogP contribution in [0.3, 0.4) is 0 Å². The van der Waals surface area contributed by atoms with Crippen molar-refractivity contribution in [3.8, 4) is 5.75 Å². The number of amides is 1. The second-order valence-electron chi connectivity index (χ2n) is 6.09. The van der Waals surface area contributed by atoms with Gasteiger partial charge in [-0.25, -0.2) is 8.42 Å². The van der Waals surface area contributed by atoms with Crippen molar-refractivity contribution in [1.29, 1.82) is 0 Å². The number of likely N-dealkylation sites (N-methyl/N-ethyl adjacent to an activating group) is 1. The summed E-state index contributed by atoms with van der Waals surface area (Å²) in [5, 5.41) is 0. The molecule has 0 N–H and O–H groups in total. The predicted octanol–water partition coefficient (Wildman–Crippen LogP) is 1.89. The third-order valence-corrected chi connectivity index (χ3v) is 6.47. The van der Waals surface area contributed by atoms with E-state index < -0.39 is 9.84 Å². The maximum absolute atomic E-state index is 12.7. The van der Waals surface area contributed by atoms with E-state index in [1.807, 2.05) is 32.9 Å². The van der Waals surface area contributed by atoms with Crippen molar-refractivity contribution in [1.82, 2.24) is 4.90 Å². The number of rotatable bonds is 5. The summed E-state index contributed by atoms with van der Waals surface area (Å²) in [5.41, 5.74) is 3.05. The van der Waals surface area contributed by atoms with Crippen LogP contribution < -0.4 is 4.74 Å². The highest BCUT2D eigenvalue weighted by Crippen LogP contribution is 2.25. The van der Waals surface area contributed by atoms with Crippen molar-refractivity contribution in [3.63, 3.8) is 0 Å². The largest absolute Gasteiger partial charge is 0.496 e. The first-order valence-corrected chi connectivity index (χ1v) is 9.74. The highest BCUT2D eigenvalue weighted by Gasteiger charge is 2.33. The molecule has 128 valence electrons. The number of ether oxygens (including phenoxy) is 1. The molecule has 0 saturated carbocycles. The fraction of sp³-hybridized carbons (Fsp3) is 0.588. The SMILES string of the molecule is CCN(C(=O)Cc1ccc(OC)c(C)c1C)C1CCS(=O)(=O)C1. The van der Waals surface area contributed by atoms with Gasteiger partial charge in [0.15, 0.2) is 9.84 Å². The summed E-state index contributed by atoms with van der Waals surface area (Å²) in [6, 6.07) is 3.61. The molecule has 0 radical (unpaired) electrons. The maximum atomic E-state index is 12.7. The maximum Gasteiger partial charge on any atom is 0.227 e. The number of hydrogen-bond acceptors (Lipinski definition) is 4. The van der Waals surface area contributed by atoms with Gasteiger partial charge in [-0.2, -0.15) is 0 Å². The van der Waals surface area contributed by atoms with Gasteiger partial charge in [0.2, 0.25) is 5.91 Å². The summed E-state index contributed by atoms with van der Waals surface area (Å²) in [6.45, 7) is 6.39. The van der Waals surface area contributed by atoms with E-state index in [9.17, 15) is 13.2 Å². The zero-order valence-electron chi connectivity index (χ0n) is 14.3. The molecule has 0 aliphatic carbocycles. The van der Waals surface area contributed by atoms with Crippen LogP contribution in [0.5, 0.6) is 5.75 Å². The first kappa shape index (κ1) is 17.8. The minimum Gasteiger partial charge on any atom is -0.496 e. The molecule has 0 aromatic heterocycles. The Kier molecular flexibility index (Phi) is 5.34. The van der Waals surface area contributed by atoms with Gasteiger partial charge in [0.25, 0.3) is 0 Å². The van der Waals surface area contributed by atoms with E-state index in [2.05, 4.69) is 0 Å². The molecule has 1 heterocycles. The molecule has 2 rings (SSSR count). The average molecular weight is 339 g/mol. The molecule has 6 heteroatoms. The third-order valence-electron chi connectivity index (χ3n) is 4.72. The van der Waals surface area contributed by atoms with Gasteiger partial charge in [0.1, 0.15) is 5.75 Å². The smallest absolute Gasteiger partial charge is 0.227 e. The van der Waals surface area contributed by atoms with Crippen LogP contribution in [0.15, 0.2) is 12.1 Å². The van der Waals surface area contributed by atoms with Crippen LogP contribution >= 0.6 is 0 Å². The molecule has 1 saturated heterocycles. The highest BCUT2D eigenvalue weighted by atomic mass is 32.2. The number of benzene rings is 1. The van der Waals surface area contributed by atoms with E-state index in [1.54, 1.807) is 12.0 Å². The van der Waals surface area contributed by atoms with Crippen LogP contribution in [0, 0.1) is 13.8 Å². The summed E-state index contributed by atoms with van der Waals surface area (Å²) in [7, 11) is -1.36. The molecule has 1 amide bonds. The standard InChI is InChI=1S/C17H25NO4S/c1-5-18(15-8-9-23(20,21)11-15)17(19)10-14-6-7-16(22-4)13(3)12(14)2/h6-7,15H,5,8-11H2,1-4H3. The average Bonchev–Trinajstić information content (AvgIpc) is 2.85. The molecular weight excluding hydrogens is 314 g/mol. The molecule has 23 heavy (non-hydrogen) atoms. The lowest BCUT2D eigenvalue weighted by Gasteiger charge is -2.27. The lowest BCUT2D eigenvalue weighted by Crippen LogP contribution is -2.41. The summed E-state index contributed by atoms with van der Waals surface area (Å²) in [4.78, 5) is 14.4. The predicted molar refractivity (Wildman–Crippen MR) is 90.6 cm³/mol. The second kappa shape index (κ2) is 6.91. The van der Waals surface area contributed by atoms with Gasteiger partial charge in [-0.1, -0.05) is 6.07 Å². The van der Waals surface area contributed by atoms with Crippen LogP contribution in [-0.4, -0.2) is 50.4 Å². The van der Waals surface area contributed by atoms with Crippen molar-refractivity contribution in [2.24, 2.45) is 0 Å². The topological polar surface area (TPSA) is 63.7 Å². The van der Waals surface area contributed by atoms with E-state index in [0.717, 1.165) is 22.4 Å². The molecule has 0 bridgehead atoms. The van der Waals surface area contributed by atoms with Gasteiger partial charge in [-0.3, -0.25) is 4.79 Å². The summed E-state index contributed by atoms with van der Waals surface area (Å²) >= 11 is 0. The van der Waals surface area contributed by atoms with Crippen molar-refractivity contribution >= 4 is 15.7 Å². The number of nitrogens with zero attached hydrogens (tertiary/aromatic N) is 1. The minimum absolute atomic E-state index is 0.0118. The first-order chi connectivity index (χ1) is 10.8. The Bertz CT molecular complexity index is 697. The van der Waals surface area contributed by atoms with Crippen LogP contribution in [-0.2, 0) is 21.1 Å². The number of sulfone groups is 1. The number of hydrogen-bond donors (Lipinski definition) is 0. The van der Waals surface area contributed by atoms with Gasteiger partial charge < -0.3 is 9.64 Å². The molecule has 1 aromatic carbocycles. The Morgan fingerprint density at radius 3 is 2.52 bits per heavy atom. The van der Waals surface area contributed by atoms with Crippen molar-refractivity contribution in [2.75, 3.05) is 25.2 Å². The van der Waals surface area contributed by atoms with E-state index in [0.29, 0.717) is 19.4 Å². The molecule has 1 unspecified atom stereocenters. The van der Waals surface area contributed by atoms with Crippen molar-refractivity contribution < 1.29 is 17.9 Å². The Labute approximate surface area is 138 Å². The fourth-order valence-electron chi connectivity index (χ4n) is 3.19. The van der Waals surface area contributed by atoms with E-state index >= 15 is 0 Å². The molecule has 1 aromatic rings. The van der Waals surface area contributed by atoms with E-state index in [4.69, 9.17) is 4.74 Å². The molecule has 1 aliphatic heterocycles.